The molecule has 2 aromatic carbocycles. The lowest BCUT2D eigenvalue weighted by atomic mass is 10.3. The van der Waals surface area contributed by atoms with Gasteiger partial charge in [0.15, 0.2) is 0 Å². The summed E-state index contributed by atoms with van der Waals surface area (Å²) in [5, 5.41) is 4.11. The molecule has 0 spiro atoms. The van der Waals surface area contributed by atoms with E-state index in [1.165, 1.54) is 11.8 Å². The summed E-state index contributed by atoms with van der Waals surface area (Å²) in [4.78, 5) is 20.7. The monoisotopic (exact) mass is 379 g/mol. The van der Waals surface area contributed by atoms with Crippen molar-refractivity contribution in [2.24, 2.45) is 0 Å². The number of nitrogens with one attached hydrogen (secondary N) is 2. The van der Waals surface area contributed by atoms with Crippen LogP contribution in [0.3, 0.4) is 0 Å². The van der Waals surface area contributed by atoms with Gasteiger partial charge < -0.3 is 10.3 Å². The van der Waals surface area contributed by atoms with Crippen LogP contribution in [0.15, 0.2) is 47.4 Å². The molecule has 0 bridgehead atoms. The molecule has 1 amide bonds. The number of carbonyl (C=O) groups is 1. The van der Waals surface area contributed by atoms with Crippen molar-refractivity contribution in [1.29, 1.82) is 0 Å². The zero-order valence-electron chi connectivity index (χ0n) is 12.8. The summed E-state index contributed by atoms with van der Waals surface area (Å²) in [6, 6.07) is 12.8. The number of halogens is 2. The molecule has 0 radical (unpaired) electrons. The Hall–Kier alpha value is -1.69. The lowest BCUT2D eigenvalue weighted by molar-refractivity contribution is -0.119. The number of hydrogen-bond acceptors (Lipinski definition) is 3. The van der Waals surface area contributed by atoms with Gasteiger partial charge in [-0.1, -0.05) is 35.3 Å². The topological polar surface area (TPSA) is 57.8 Å². The quantitative estimate of drug-likeness (QED) is 0.623. The van der Waals surface area contributed by atoms with Crippen molar-refractivity contribution < 1.29 is 4.79 Å². The van der Waals surface area contributed by atoms with Gasteiger partial charge >= 0.3 is 0 Å². The van der Waals surface area contributed by atoms with Crippen molar-refractivity contribution >= 4 is 51.9 Å². The molecule has 4 nitrogen and oxygen atoms in total. The van der Waals surface area contributed by atoms with Gasteiger partial charge in [0.05, 0.1) is 27.9 Å². The summed E-state index contributed by atoms with van der Waals surface area (Å²) in [5.74, 6) is 0.893. The van der Waals surface area contributed by atoms with Crippen LogP contribution in [0.1, 0.15) is 18.8 Å². The van der Waals surface area contributed by atoms with Crippen LogP contribution in [0, 0.1) is 0 Å². The fourth-order valence-corrected chi connectivity index (χ4v) is 3.56. The molecule has 0 aliphatic heterocycles. The van der Waals surface area contributed by atoms with Gasteiger partial charge in [-0.15, -0.1) is 11.8 Å². The molecule has 3 aromatic rings. The van der Waals surface area contributed by atoms with E-state index in [2.05, 4.69) is 15.3 Å². The van der Waals surface area contributed by atoms with Crippen LogP contribution in [0.4, 0.5) is 0 Å². The molecule has 0 saturated heterocycles. The van der Waals surface area contributed by atoms with Crippen molar-refractivity contribution in [3.8, 4) is 0 Å². The van der Waals surface area contributed by atoms with E-state index in [1.54, 1.807) is 18.2 Å². The van der Waals surface area contributed by atoms with Gasteiger partial charge in [-0.25, -0.2) is 4.98 Å². The molecule has 0 aliphatic rings. The highest BCUT2D eigenvalue weighted by atomic mass is 35.5. The van der Waals surface area contributed by atoms with Gasteiger partial charge in [0.25, 0.3) is 0 Å². The Bertz CT molecular complexity index is 848. The van der Waals surface area contributed by atoms with E-state index in [9.17, 15) is 4.79 Å². The number of hydrogen-bond donors (Lipinski definition) is 2. The van der Waals surface area contributed by atoms with Crippen LogP contribution in [0.2, 0.25) is 10.0 Å². The van der Waals surface area contributed by atoms with Crippen LogP contribution in [0.25, 0.3) is 11.0 Å². The molecule has 0 saturated carbocycles. The number of benzene rings is 2. The minimum atomic E-state index is -0.208. The molecule has 3 rings (SSSR count). The summed E-state index contributed by atoms with van der Waals surface area (Å²) in [7, 11) is 0. The van der Waals surface area contributed by atoms with Gasteiger partial charge in [0.1, 0.15) is 5.82 Å². The molecule has 0 fully saturated rings. The average molecular weight is 380 g/mol. The molecular formula is C17H15Cl2N3OS. The third kappa shape index (κ3) is 4.04. The average Bonchev–Trinajstić information content (AvgIpc) is 3.00. The minimum Gasteiger partial charge on any atom is -0.346 e. The van der Waals surface area contributed by atoms with Crippen LogP contribution in [-0.4, -0.2) is 21.6 Å². The van der Waals surface area contributed by atoms with E-state index < -0.39 is 0 Å². The third-order valence-electron chi connectivity index (χ3n) is 3.45. The first kappa shape index (κ1) is 17.1. The Morgan fingerprint density at radius 2 is 2.08 bits per heavy atom. The number of imidazole rings is 1. The number of amides is 1. The smallest absolute Gasteiger partial charge is 0.230 e. The molecule has 1 aromatic heterocycles. The van der Waals surface area contributed by atoms with E-state index >= 15 is 0 Å². The van der Waals surface area contributed by atoms with Crippen molar-refractivity contribution in [1.82, 2.24) is 15.3 Å². The summed E-state index contributed by atoms with van der Waals surface area (Å²) in [6.45, 7) is 1.90. The number of carbonyl (C=O) groups excluding carboxylic acids is 1. The molecule has 2 N–H and O–H groups in total. The zero-order valence-corrected chi connectivity index (χ0v) is 15.2. The highest BCUT2D eigenvalue weighted by Gasteiger charge is 2.14. The SMILES string of the molecule is CC(NC(=O)CSc1cc(Cl)ccc1Cl)c1nc2ccccc2[nH]1. The zero-order chi connectivity index (χ0) is 17.1. The Balaban J connectivity index is 1.60. The summed E-state index contributed by atoms with van der Waals surface area (Å²) < 4.78 is 0. The van der Waals surface area contributed by atoms with Gasteiger partial charge in [-0.05, 0) is 37.3 Å². The molecule has 7 heteroatoms. The summed E-state index contributed by atoms with van der Waals surface area (Å²) >= 11 is 13.4. The van der Waals surface area contributed by atoms with E-state index in [0.29, 0.717) is 10.0 Å². The van der Waals surface area contributed by atoms with Crippen LogP contribution in [-0.2, 0) is 4.79 Å². The summed E-state index contributed by atoms with van der Waals surface area (Å²) in [6.07, 6.45) is 0. The van der Waals surface area contributed by atoms with Crippen LogP contribution in [0.5, 0.6) is 0 Å². The third-order valence-corrected chi connectivity index (χ3v) is 5.18. The lowest BCUT2D eigenvalue weighted by Gasteiger charge is -2.11. The highest BCUT2D eigenvalue weighted by Crippen LogP contribution is 2.29. The second-order valence-electron chi connectivity index (χ2n) is 5.29. The molecule has 124 valence electrons. The second kappa shape index (κ2) is 7.47. The van der Waals surface area contributed by atoms with Gasteiger partial charge in [-0.3, -0.25) is 4.79 Å². The van der Waals surface area contributed by atoms with Crippen LogP contribution >= 0.6 is 35.0 Å². The Morgan fingerprint density at radius 1 is 1.29 bits per heavy atom. The first-order chi connectivity index (χ1) is 11.5. The molecule has 0 aliphatic carbocycles. The number of thioether (sulfide) groups is 1. The molecular weight excluding hydrogens is 365 g/mol. The van der Waals surface area contributed by atoms with Crippen molar-refractivity contribution in [2.45, 2.75) is 17.9 Å². The van der Waals surface area contributed by atoms with Gasteiger partial charge in [0, 0.05) is 9.92 Å². The standard InChI is InChI=1S/C17H15Cl2N3OS/c1-10(17-21-13-4-2-3-5-14(13)22-17)20-16(23)9-24-15-8-11(18)6-7-12(15)19/h2-8,10H,9H2,1H3,(H,20,23)(H,21,22). The highest BCUT2D eigenvalue weighted by molar-refractivity contribution is 8.00. The van der Waals surface area contributed by atoms with E-state index in [1.807, 2.05) is 31.2 Å². The number of fused-ring (bicyclic) bond motifs is 1. The number of para-hydroxylation sites is 2. The van der Waals surface area contributed by atoms with Crippen molar-refractivity contribution in [3.63, 3.8) is 0 Å². The number of aromatic amines is 1. The fourth-order valence-electron chi connectivity index (χ4n) is 2.26. The van der Waals surface area contributed by atoms with E-state index in [0.717, 1.165) is 21.8 Å². The first-order valence-electron chi connectivity index (χ1n) is 7.35. The lowest BCUT2D eigenvalue weighted by Crippen LogP contribution is -2.28. The fraction of sp³-hybridized carbons (Fsp3) is 0.176. The Kier molecular flexibility index (Phi) is 5.33. The molecule has 24 heavy (non-hydrogen) atoms. The number of aromatic nitrogens is 2. The second-order valence-corrected chi connectivity index (χ2v) is 7.15. The van der Waals surface area contributed by atoms with Crippen molar-refractivity contribution in [2.75, 3.05) is 5.75 Å². The maximum Gasteiger partial charge on any atom is 0.230 e. The Morgan fingerprint density at radius 3 is 2.88 bits per heavy atom. The predicted octanol–water partition coefficient (Wildman–Crippen LogP) is 4.84. The normalized spacial score (nSPS) is 12.3. The molecule has 1 heterocycles. The first-order valence-corrected chi connectivity index (χ1v) is 9.09. The molecule has 1 unspecified atom stereocenters. The van der Waals surface area contributed by atoms with Gasteiger partial charge in [-0.2, -0.15) is 0 Å². The minimum absolute atomic E-state index is 0.0935. The largest absolute Gasteiger partial charge is 0.346 e. The maximum atomic E-state index is 12.2. The number of nitrogens with zero attached hydrogens (tertiary/aromatic N) is 1. The predicted molar refractivity (Wildman–Crippen MR) is 99.8 cm³/mol. The van der Waals surface area contributed by atoms with E-state index in [4.69, 9.17) is 23.2 Å². The number of rotatable bonds is 5. The van der Waals surface area contributed by atoms with Crippen molar-refractivity contribution in [3.05, 3.63) is 58.3 Å². The molecule has 1 atom stereocenters. The summed E-state index contributed by atoms with van der Waals surface area (Å²) in [5.41, 5.74) is 1.84. The van der Waals surface area contributed by atoms with Gasteiger partial charge in [0.2, 0.25) is 5.91 Å². The number of H-pyrrole nitrogens is 1. The van der Waals surface area contributed by atoms with E-state index in [-0.39, 0.29) is 17.7 Å². The van der Waals surface area contributed by atoms with Crippen LogP contribution < -0.4 is 5.32 Å². The Labute approximate surface area is 153 Å². The maximum absolute atomic E-state index is 12.2.